The van der Waals surface area contributed by atoms with Crippen LogP contribution in [0.4, 0.5) is 0 Å². The molecule has 0 spiro atoms. The zero-order valence-electron chi connectivity index (χ0n) is 9.13. The van der Waals surface area contributed by atoms with Gasteiger partial charge in [-0.15, -0.1) is 0 Å². The first kappa shape index (κ1) is 11.0. The molecular weight excluding hydrogens is 160 g/mol. The summed E-state index contributed by atoms with van der Waals surface area (Å²) in [4.78, 5) is 2.51. The van der Waals surface area contributed by atoms with Gasteiger partial charge in [-0.3, -0.25) is 0 Å². The van der Waals surface area contributed by atoms with E-state index in [1.807, 2.05) is 0 Å². The summed E-state index contributed by atoms with van der Waals surface area (Å²) in [5.74, 6) is 0.983. The van der Waals surface area contributed by atoms with Gasteiger partial charge >= 0.3 is 0 Å². The van der Waals surface area contributed by atoms with E-state index in [0.29, 0.717) is 6.04 Å². The lowest BCUT2D eigenvalue weighted by atomic mass is 9.85. The van der Waals surface area contributed by atoms with Crippen LogP contribution in [0.2, 0.25) is 0 Å². The minimum Gasteiger partial charge on any atom is -0.330 e. The summed E-state index contributed by atoms with van der Waals surface area (Å²) in [6.45, 7) is 4.38. The molecule has 1 unspecified atom stereocenters. The van der Waals surface area contributed by atoms with Gasteiger partial charge < -0.3 is 10.6 Å². The quantitative estimate of drug-likeness (QED) is 0.682. The molecule has 1 atom stereocenters. The van der Waals surface area contributed by atoms with E-state index in [1.54, 1.807) is 0 Å². The molecule has 0 amide bonds. The maximum Gasteiger partial charge on any atom is 0.0102 e. The predicted octanol–water partition coefficient (Wildman–Crippen LogP) is 1.85. The van der Waals surface area contributed by atoms with Crippen LogP contribution in [-0.2, 0) is 0 Å². The van der Waals surface area contributed by atoms with E-state index in [1.165, 1.54) is 32.2 Å². The first-order valence-electron chi connectivity index (χ1n) is 5.68. The molecule has 2 N–H and O–H groups in total. The van der Waals surface area contributed by atoms with Crippen LogP contribution in [0.1, 0.15) is 39.0 Å². The zero-order valence-corrected chi connectivity index (χ0v) is 9.13. The van der Waals surface area contributed by atoms with E-state index in [0.717, 1.165) is 18.9 Å². The van der Waals surface area contributed by atoms with Crippen molar-refractivity contribution in [1.29, 1.82) is 0 Å². The molecule has 0 aliphatic heterocycles. The van der Waals surface area contributed by atoms with Gasteiger partial charge in [0.25, 0.3) is 0 Å². The van der Waals surface area contributed by atoms with Gasteiger partial charge in [0.15, 0.2) is 0 Å². The van der Waals surface area contributed by atoms with Crippen LogP contribution in [-0.4, -0.2) is 31.1 Å². The van der Waals surface area contributed by atoms with Crippen molar-refractivity contribution in [2.45, 2.75) is 45.1 Å². The van der Waals surface area contributed by atoms with Crippen LogP contribution in [0.15, 0.2) is 0 Å². The Morgan fingerprint density at radius 2 is 2.15 bits per heavy atom. The second-order valence-electron chi connectivity index (χ2n) is 4.38. The van der Waals surface area contributed by atoms with Crippen LogP contribution < -0.4 is 5.73 Å². The Balaban J connectivity index is 2.20. The molecule has 0 aromatic rings. The fraction of sp³-hybridized carbons (Fsp3) is 1.00. The van der Waals surface area contributed by atoms with Crippen molar-refractivity contribution >= 4 is 0 Å². The molecule has 1 rings (SSSR count). The first-order chi connectivity index (χ1) is 6.27. The Bertz CT molecular complexity index is 132. The molecule has 0 aromatic heterocycles. The van der Waals surface area contributed by atoms with Gasteiger partial charge in [-0.1, -0.05) is 13.3 Å². The van der Waals surface area contributed by atoms with E-state index < -0.39 is 0 Å². The van der Waals surface area contributed by atoms with Gasteiger partial charge in [0.05, 0.1) is 0 Å². The fourth-order valence-corrected chi connectivity index (χ4v) is 2.16. The number of hydrogen-bond donors (Lipinski definition) is 1. The van der Waals surface area contributed by atoms with Gasteiger partial charge in [-0.2, -0.15) is 0 Å². The lowest BCUT2D eigenvalue weighted by Gasteiger charge is -2.34. The topological polar surface area (TPSA) is 29.3 Å². The molecule has 0 radical (unpaired) electrons. The summed E-state index contributed by atoms with van der Waals surface area (Å²) in [7, 11) is 2.25. The summed E-state index contributed by atoms with van der Waals surface area (Å²) in [5, 5.41) is 0. The average Bonchev–Trinajstić information content (AvgIpc) is 2.07. The standard InChI is InChI=1S/C11H24N2/c1-3-11(7-8-12)13(2)9-10-5-4-6-10/h10-11H,3-9,12H2,1-2H3. The SMILES string of the molecule is CCC(CCN)N(C)CC1CCC1. The molecular formula is C11H24N2. The Hall–Kier alpha value is -0.0800. The maximum absolute atomic E-state index is 5.59. The van der Waals surface area contributed by atoms with Crippen molar-refractivity contribution in [2.75, 3.05) is 20.1 Å². The molecule has 0 saturated heterocycles. The molecule has 0 aromatic carbocycles. The van der Waals surface area contributed by atoms with Crippen molar-refractivity contribution in [3.63, 3.8) is 0 Å². The minimum absolute atomic E-state index is 0.714. The highest BCUT2D eigenvalue weighted by atomic mass is 15.1. The molecule has 78 valence electrons. The normalized spacial score (nSPS) is 20.3. The molecule has 1 aliphatic rings. The smallest absolute Gasteiger partial charge is 0.0102 e. The monoisotopic (exact) mass is 184 g/mol. The molecule has 0 bridgehead atoms. The molecule has 2 heteroatoms. The van der Waals surface area contributed by atoms with Crippen molar-refractivity contribution in [1.82, 2.24) is 4.90 Å². The van der Waals surface area contributed by atoms with Crippen molar-refractivity contribution in [3.05, 3.63) is 0 Å². The lowest BCUT2D eigenvalue weighted by molar-refractivity contribution is 0.154. The van der Waals surface area contributed by atoms with Crippen LogP contribution in [0.3, 0.4) is 0 Å². The zero-order chi connectivity index (χ0) is 9.68. The third-order valence-corrected chi connectivity index (χ3v) is 3.37. The Morgan fingerprint density at radius 1 is 1.46 bits per heavy atom. The van der Waals surface area contributed by atoms with E-state index in [4.69, 9.17) is 5.73 Å². The van der Waals surface area contributed by atoms with Gasteiger partial charge in [-0.25, -0.2) is 0 Å². The third-order valence-electron chi connectivity index (χ3n) is 3.37. The highest BCUT2D eigenvalue weighted by Crippen LogP contribution is 2.27. The van der Waals surface area contributed by atoms with Crippen LogP contribution in [0.25, 0.3) is 0 Å². The van der Waals surface area contributed by atoms with Crippen LogP contribution in [0, 0.1) is 5.92 Å². The molecule has 13 heavy (non-hydrogen) atoms. The maximum atomic E-state index is 5.59. The predicted molar refractivity (Wildman–Crippen MR) is 57.7 cm³/mol. The Kier molecular flexibility index (Phi) is 4.74. The Morgan fingerprint density at radius 3 is 2.54 bits per heavy atom. The fourth-order valence-electron chi connectivity index (χ4n) is 2.16. The van der Waals surface area contributed by atoms with E-state index in [2.05, 4.69) is 18.9 Å². The summed E-state index contributed by atoms with van der Waals surface area (Å²) in [6, 6.07) is 0.714. The molecule has 1 fully saturated rings. The molecule has 1 saturated carbocycles. The number of nitrogens with zero attached hydrogens (tertiary/aromatic N) is 1. The summed E-state index contributed by atoms with van der Waals surface area (Å²) in [6.07, 6.45) is 6.74. The van der Waals surface area contributed by atoms with Gasteiger partial charge in [0.2, 0.25) is 0 Å². The number of rotatable bonds is 6. The molecule has 0 heterocycles. The second kappa shape index (κ2) is 5.61. The van der Waals surface area contributed by atoms with Gasteiger partial charge in [-0.05, 0) is 45.2 Å². The van der Waals surface area contributed by atoms with Crippen molar-refractivity contribution in [2.24, 2.45) is 11.7 Å². The number of hydrogen-bond acceptors (Lipinski definition) is 2. The largest absolute Gasteiger partial charge is 0.330 e. The molecule has 1 aliphatic carbocycles. The van der Waals surface area contributed by atoms with Gasteiger partial charge in [0.1, 0.15) is 0 Å². The van der Waals surface area contributed by atoms with Crippen molar-refractivity contribution < 1.29 is 0 Å². The van der Waals surface area contributed by atoms with E-state index in [9.17, 15) is 0 Å². The summed E-state index contributed by atoms with van der Waals surface area (Å²) >= 11 is 0. The van der Waals surface area contributed by atoms with E-state index in [-0.39, 0.29) is 0 Å². The summed E-state index contributed by atoms with van der Waals surface area (Å²) < 4.78 is 0. The second-order valence-corrected chi connectivity index (χ2v) is 4.38. The molecule has 2 nitrogen and oxygen atoms in total. The first-order valence-corrected chi connectivity index (χ1v) is 5.68. The highest BCUT2D eigenvalue weighted by molar-refractivity contribution is 4.76. The Labute approximate surface area is 82.5 Å². The summed E-state index contributed by atoms with van der Waals surface area (Å²) in [5.41, 5.74) is 5.59. The third kappa shape index (κ3) is 3.28. The minimum atomic E-state index is 0.714. The average molecular weight is 184 g/mol. The van der Waals surface area contributed by atoms with Crippen molar-refractivity contribution in [3.8, 4) is 0 Å². The number of nitrogens with two attached hydrogens (primary N) is 1. The highest BCUT2D eigenvalue weighted by Gasteiger charge is 2.21. The van der Waals surface area contributed by atoms with Crippen LogP contribution >= 0.6 is 0 Å². The van der Waals surface area contributed by atoms with E-state index >= 15 is 0 Å². The van der Waals surface area contributed by atoms with Gasteiger partial charge in [0, 0.05) is 12.6 Å². The lowest BCUT2D eigenvalue weighted by Crippen LogP contribution is -2.38. The van der Waals surface area contributed by atoms with Crippen LogP contribution in [0.5, 0.6) is 0 Å².